The lowest BCUT2D eigenvalue weighted by Gasteiger charge is -2.28. The number of amides is 1. The lowest BCUT2D eigenvalue weighted by atomic mass is 9.90. The molecule has 0 aromatic rings. The second-order valence-corrected chi connectivity index (χ2v) is 6.30. The Morgan fingerprint density at radius 3 is 2.56 bits per heavy atom. The van der Waals surface area contributed by atoms with Crippen LogP contribution in [0.25, 0.3) is 0 Å². The largest absolute Gasteiger partial charge is 0.444 e. The van der Waals surface area contributed by atoms with E-state index in [1.54, 1.807) is 4.90 Å². The molecular weight excluding hydrogens is 230 g/mol. The average molecular weight is 257 g/mol. The smallest absolute Gasteiger partial charge is 0.410 e. The predicted molar refractivity (Wildman–Crippen MR) is 71.5 cm³/mol. The number of carbonyl (C=O) groups excluding carboxylic acids is 1. The first-order valence-corrected chi connectivity index (χ1v) is 6.96. The maximum atomic E-state index is 12.0. The van der Waals surface area contributed by atoms with Gasteiger partial charge in [-0.25, -0.2) is 4.79 Å². The van der Waals surface area contributed by atoms with Gasteiger partial charge in [0.05, 0.1) is 5.60 Å². The van der Waals surface area contributed by atoms with Crippen molar-refractivity contribution in [1.29, 1.82) is 0 Å². The summed E-state index contributed by atoms with van der Waals surface area (Å²) < 4.78 is 5.37. The van der Waals surface area contributed by atoms with Gasteiger partial charge in [0.15, 0.2) is 0 Å². The summed E-state index contributed by atoms with van der Waals surface area (Å²) in [6.07, 6.45) is 3.80. The molecule has 1 unspecified atom stereocenters. The van der Waals surface area contributed by atoms with E-state index >= 15 is 0 Å². The summed E-state index contributed by atoms with van der Waals surface area (Å²) in [7, 11) is 0. The molecule has 1 N–H and O–H groups in total. The third-order valence-electron chi connectivity index (χ3n) is 3.28. The van der Waals surface area contributed by atoms with E-state index in [0.717, 1.165) is 25.7 Å². The van der Waals surface area contributed by atoms with Gasteiger partial charge in [0.25, 0.3) is 0 Å². The Kier molecular flexibility index (Phi) is 5.02. The van der Waals surface area contributed by atoms with Gasteiger partial charge in [-0.1, -0.05) is 13.3 Å². The number of likely N-dealkylation sites (tertiary alicyclic amines) is 1. The van der Waals surface area contributed by atoms with E-state index in [4.69, 9.17) is 4.74 Å². The van der Waals surface area contributed by atoms with Crippen molar-refractivity contribution >= 4 is 6.09 Å². The van der Waals surface area contributed by atoms with Crippen LogP contribution in [0.4, 0.5) is 4.79 Å². The summed E-state index contributed by atoms with van der Waals surface area (Å²) >= 11 is 0. The fourth-order valence-electron chi connectivity index (χ4n) is 2.40. The number of rotatable bonds is 2. The minimum Gasteiger partial charge on any atom is -0.444 e. The fraction of sp³-hybridized carbons (Fsp3) is 0.929. The van der Waals surface area contributed by atoms with Crippen LogP contribution in [0.15, 0.2) is 0 Å². The van der Waals surface area contributed by atoms with E-state index in [1.165, 1.54) is 0 Å². The van der Waals surface area contributed by atoms with E-state index in [-0.39, 0.29) is 6.09 Å². The molecule has 1 fully saturated rings. The first-order chi connectivity index (χ1) is 8.26. The van der Waals surface area contributed by atoms with Gasteiger partial charge < -0.3 is 14.7 Å². The molecule has 1 amide bonds. The topological polar surface area (TPSA) is 49.8 Å². The minimum absolute atomic E-state index is 0.261. The van der Waals surface area contributed by atoms with Crippen molar-refractivity contribution in [2.45, 2.75) is 71.0 Å². The molecule has 4 nitrogen and oxygen atoms in total. The summed E-state index contributed by atoms with van der Waals surface area (Å²) in [6.45, 7) is 8.96. The lowest BCUT2D eigenvalue weighted by Crippen LogP contribution is -2.38. The SMILES string of the molecule is CCCC1(O)CCCN(C(=O)OC(C)(C)C)CC1. The second-order valence-electron chi connectivity index (χ2n) is 6.30. The van der Waals surface area contributed by atoms with Crippen LogP contribution >= 0.6 is 0 Å². The van der Waals surface area contributed by atoms with Gasteiger partial charge in [-0.3, -0.25) is 0 Å². The van der Waals surface area contributed by atoms with Gasteiger partial charge in [-0.05, 0) is 46.5 Å². The highest BCUT2D eigenvalue weighted by Crippen LogP contribution is 2.27. The van der Waals surface area contributed by atoms with E-state index in [0.29, 0.717) is 19.5 Å². The van der Waals surface area contributed by atoms with Crippen LogP contribution in [-0.2, 0) is 4.74 Å². The molecular formula is C14H27NO3. The molecule has 4 heteroatoms. The molecule has 0 aromatic heterocycles. The highest BCUT2D eigenvalue weighted by atomic mass is 16.6. The summed E-state index contributed by atoms with van der Waals surface area (Å²) in [5.41, 5.74) is -1.05. The fourth-order valence-corrected chi connectivity index (χ4v) is 2.40. The van der Waals surface area contributed by atoms with Crippen molar-refractivity contribution < 1.29 is 14.6 Å². The van der Waals surface area contributed by atoms with E-state index in [9.17, 15) is 9.90 Å². The molecule has 1 saturated heterocycles. The molecule has 1 aliphatic rings. The highest BCUT2D eigenvalue weighted by molar-refractivity contribution is 5.68. The van der Waals surface area contributed by atoms with Gasteiger partial charge in [0.1, 0.15) is 5.60 Å². The first-order valence-electron chi connectivity index (χ1n) is 6.96. The molecule has 1 atom stereocenters. The van der Waals surface area contributed by atoms with Crippen LogP contribution in [0.2, 0.25) is 0 Å². The van der Waals surface area contributed by atoms with E-state index < -0.39 is 11.2 Å². The normalized spacial score (nSPS) is 25.7. The number of nitrogens with zero attached hydrogens (tertiary/aromatic N) is 1. The van der Waals surface area contributed by atoms with E-state index in [1.807, 2.05) is 20.8 Å². The van der Waals surface area contributed by atoms with Crippen molar-refractivity contribution in [3.8, 4) is 0 Å². The third kappa shape index (κ3) is 4.84. The second kappa shape index (κ2) is 5.91. The number of aliphatic hydroxyl groups is 1. The van der Waals surface area contributed by atoms with Gasteiger partial charge >= 0.3 is 6.09 Å². The molecule has 0 aromatic carbocycles. The monoisotopic (exact) mass is 257 g/mol. The summed E-state index contributed by atoms with van der Waals surface area (Å²) in [5.74, 6) is 0. The molecule has 0 saturated carbocycles. The molecule has 1 aliphatic heterocycles. The molecule has 0 radical (unpaired) electrons. The van der Waals surface area contributed by atoms with Gasteiger partial charge in [-0.2, -0.15) is 0 Å². The van der Waals surface area contributed by atoms with Crippen molar-refractivity contribution in [2.75, 3.05) is 13.1 Å². The van der Waals surface area contributed by atoms with Crippen LogP contribution in [-0.4, -0.2) is 40.4 Å². The molecule has 1 rings (SSSR count). The van der Waals surface area contributed by atoms with Crippen molar-refractivity contribution in [1.82, 2.24) is 4.90 Å². The lowest BCUT2D eigenvalue weighted by molar-refractivity contribution is 0.0101. The number of carbonyl (C=O) groups is 1. The maximum Gasteiger partial charge on any atom is 0.410 e. The van der Waals surface area contributed by atoms with Crippen LogP contribution < -0.4 is 0 Å². The molecule has 0 bridgehead atoms. The van der Waals surface area contributed by atoms with Gasteiger partial charge in [0, 0.05) is 13.1 Å². The quantitative estimate of drug-likeness (QED) is 0.827. The highest BCUT2D eigenvalue weighted by Gasteiger charge is 2.32. The minimum atomic E-state index is -0.592. The number of hydrogen-bond acceptors (Lipinski definition) is 3. The Labute approximate surface area is 110 Å². The standard InChI is InChI=1S/C14H27NO3/c1-5-7-14(17)8-6-10-15(11-9-14)12(16)18-13(2,3)4/h17H,5-11H2,1-4H3. The Hall–Kier alpha value is -0.770. The summed E-state index contributed by atoms with van der Waals surface area (Å²) in [5, 5.41) is 10.4. The van der Waals surface area contributed by atoms with Crippen LogP contribution in [0.5, 0.6) is 0 Å². The molecule has 106 valence electrons. The Morgan fingerprint density at radius 1 is 1.33 bits per heavy atom. The van der Waals surface area contributed by atoms with Crippen molar-refractivity contribution in [2.24, 2.45) is 0 Å². The Morgan fingerprint density at radius 2 is 2.00 bits per heavy atom. The zero-order valence-electron chi connectivity index (χ0n) is 12.2. The Balaban J connectivity index is 2.54. The summed E-state index contributed by atoms with van der Waals surface area (Å²) in [4.78, 5) is 13.7. The van der Waals surface area contributed by atoms with Crippen LogP contribution in [0.3, 0.4) is 0 Å². The van der Waals surface area contributed by atoms with Crippen molar-refractivity contribution in [3.63, 3.8) is 0 Å². The third-order valence-corrected chi connectivity index (χ3v) is 3.28. The molecule has 1 heterocycles. The van der Waals surface area contributed by atoms with Crippen LogP contribution in [0.1, 0.15) is 59.8 Å². The zero-order chi connectivity index (χ0) is 13.8. The molecule has 0 spiro atoms. The first kappa shape index (κ1) is 15.3. The van der Waals surface area contributed by atoms with Crippen molar-refractivity contribution in [3.05, 3.63) is 0 Å². The molecule has 0 aliphatic carbocycles. The summed E-state index contributed by atoms with van der Waals surface area (Å²) in [6, 6.07) is 0. The number of ether oxygens (including phenoxy) is 1. The zero-order valence-corrected chi connectivity index (χ0v) is 12.2. The van der Waals surface area contributed by atoms with Crippen LogP contribution in [0, 0.1) is 0 Å². The Bertz CT molecular complexity index is 285. The van der Waals surface area contributed by atoms with Gasteiger partial charge in [0.2, 0.25) is 0 Å². The molecule has 18 heavy (non-hydrogen) atoms. The number of hydrogen-bond donors (Lipinski definition) is 1. The predicted octanol–water partition coefficient (Wildman–Crippen LogP) is 2.94. The average Bonchev–Trinajstić information content (AvgIpc) is 2.38. The maximum absolute atomic E-state index is 12.0. The van der Waals surface area contributed by atoms with Gasteiger partial charge in [-0.15, -0.1) is 0 Å². The van der Waals surface area contributed by atoms with E-state index in [2.05, 4.69) is 6.92 Å².